The van der Waals surface area contributed by atoms with Crippen molar-refractivity contribution in [2.45, 2.75) is 13.5 Å². The average Bonchev–Trinajstić information content (AvgIpc) is 3.10. The van der Waals surface area contributed by atoms with E-state index in [0.29, 0.717) is 39.3 Å². The van der Waals surface area contributed by atoms with E-state index in [1.54, 1.807) is 36.4 Å². The van der Waals surface area contributed by atoms with Crippen LogP contribution in [-0.4, -0.2) is 15.2 Å². The standard InChI is InChI=1S/C21H16ClN5O2/c1-12-6-13(10-23)8-15(7-12)29-19-9-14(2-4-17(19)22)28-11-18-16-3-5-20(24)25-21(16)27-26-18/h2-9H,11H2,1H3,(H3,24,25,26,27). The summed E-state index contributed by atoms with van der Waals surface area (Å²) in [5.74, 6) is 1.95. The maximum absolute atomic E-state index is 9.13. The summed E-state index contributed by atoms with van der Waals surface area (Å²) in [5.41, 5.74) is 8.43. The zero-order valence-electron chi connectivity index (χ0n) is 15.4. The molecule has 8 heteroatoms. The summed E-state index contributed by atoms with van der Waals surface area (Å²) in [6.45, 7) is 2.15. The van der Waals surface area contributed by atoms with E-state index in [9.17, 15) is 0 Å². The number of rotatable bonds is 5. The van der Waals surface area contributed by atoms with Gasteiger partial charge in [-0.05, 0) is 55.0 Å². The quantitative estimate of drug-likeness (QED) is 0.496. The van der Waals surface area contributed by atoms with Crippen LogP contribution in [0.3, 0.4) is 0 Å². The minimum atomic E-state index is 0.256. The lowest BCUT2D eigenvalue weighted by atomic mass is 10.1. The number of anilines is 1. The number of H-pyrrole nitrogens is 1. The molecule has 0 unspecified atom stereocenters. The van der Waals surface area contributed by atoms with E-state index < -0.39 is 0 Å². The summed E-state index contributed by atoms with van der Waals surface area (Å²) in [6.07, 6.45) is 0. The normalized spacial score (nSPS) is 10.7. The van der Waals surface area contributed by atoms with Crippen molar-refractivity contribution in [1.29, 1.82) is 5.26 Å². The summed E-state index contributed by atoms with van der Waals surface area (Å²) in [7, 11) is 0. The first kappa shape index (κ1) is 18.6. The van der Waals surface area contributed by atoms with Crippen LogP contribution in [0.4, 0.5) is 5.82 Å². The van der Waals surface area contributed by atoms with E-state index in [4.69, 9.17) is 32.1 Å². The molecule has 2 heterocycles. The average molecular weight is 406 g/mol. The fraction of sp³-hybridized carbons (Fsp3) is 0.0952. The number of benzene rings is 2. The lowest BCUT2D eigenvalue weighted by Gasteiger charge is -2.11. The fourth-order valence-electron chi connectivity index (χ4n) is 2.88. The maximum atomic E-state index is 9.13. The number of fused-ring (bicyclic) bond motifs is 1. The molecule has 144 valence electrons. The van der Waals surface area contributed by atoms with Crippen LogP contribution in [0.5, 0.6) is 17.2 Å². The molecule has 0 amide bonds. The minimum Gasteiger partial charge on any atom is -0.487 e. The monoisotopic (exact) mass is 405 g/mol. The number of aromatic nitrogens is 3. The SMILES string of the molecule is Cc1cc(C#N)cc(Oc2cc(OCc3[nH]nc4nc(N)ccc34)ccc2Cl)c1. The molecule has 0 spiro atoms. The van der Waals surface area contributed by atoms with Gasteiger partial charge < -0.3 is 15.2 Å². The summed E-state index contributed by atoms with van der Waals surface area (Å²) >= 11 is 6.27. The van der Waals surface area contributed by atoms with Crippen molar-refractivity contribution < 1.29 is 9.47 Å². The lowest BCUT2D eigenvalue weighted by Crippen LogP contribution is -1.97. The van der Waals surface area contributed by atoms with Gasteiger partial charge in [0.1, 0.15) is 29.7 Å². The summed E-state index contributed by atoms with van der Waals surface area (Å²) in [4.78, 5) is 4.16. The Bertz CT molecular complexity index is 1250. The Balaban J connectivity index is 1.54. The largest absolute Gasteiger partial charge is 0.487 e. The number of nitrogens with one attached hydrogen (secondary N) is 1. The van der Waals surface area contributed by atoms with Crippen LogP contribution in [0.25, 0.3) is 11.0 Å². The second kappa shape index (κ2) is 7.70. The highest BCUT2D eigenvalue weighted by molar-refractivity contribution is 6.32. The van der Waals surface area contributed by atoms with Gasteiger partial charge in [0, 0.05) is 11.5 Å². The van der Waals surface area contributed by atoms with Gasteiger partial charge in [-0.15, -0.1) is 0 Å². The van der Waals surface area contributed by atoms with E-state index in [1.807, 2.05) is 19.1 Å². The number of pyridine rings is 1. The third-order valence-electron chi connectivity index (χ3n) is 4.21. The number of hydrogen-bond donors (Lipinski definition) is 2. The zero-order chi connectivity index (χ0) is 20.4. The van der Waals surface area contributed by atoms with E-state index in [0.717, 1.165) is 16.6 Å². The molecule has 4 aromatic rings. The van der Waals surface area contributed by atoms with Gasteiger partial charge in [-0.1, -0.05) is 11.6 Å². The highest BCUT2D eigenvalue weighted by atomic mass is 35.5. The third kappa shape index (κ3) is 4.08. The number of aryl methyl sites for hydroxylation is 1. The van der Waals surface area contributed by atoms with Crippen LogP contribution >= 0.6 is 11.6 Å². The molecule has 0 radical (unpaired) electrons. The summed E-state index contributed by atoms with van der Waals surface area (Å²) in [6, 6.07) is 16.1. The van der Waals surface area contributed by atoms with Crippen molar-refractivity contribution in [3.05, 3.63) is 70.4 Å². The van der Waals surface area contributed by atoms with Crippen LogP contribution in [0.15, 0.2) is 48.5 Å². The van der Waals surface area contributed by atoms with E-state index in [1.165, 1.54) is 0 Å². The topological polar surface area (TPSA) is 110 Å². The molecule has 2 aromatic carbocycles. The van der Waals surface area contributed by atoms with Gasteiger partial charge in [-0.25, -0.2) is 4.98 Å². The first-order valence-electron chi connectivity index (χ1n) is 8.73. The smallest absolute Gasteiger partial charge is 0.183 e. The molecule has 0 saturated heterocycles. The summed E-state index contributed by atoms with van der Waals surface area (Å²) in [5, 5.41) is 17.5. The molecule has 0 aliphatic carbocycles. The van der Waals surface area contributed by atoms with E-state index in [2.05, 4.69) is 21.3 Å². The second-order valence-corrected chi connectivity index (χ2v) is 6.85. The predicted octanol–water partition coefficient (Wildman–Crippen LogP) is 4.74. The van der Waals surface area contributed by atoms with Crippen molar-refractivity contribution in [2.75, 3.05) is 5.73 Å². The molecule has 29 heavy (non-hydrogen) atoms. The van der Waals surface area contributed by atoms with Crippen LogP contribution < -0.4 is 15.2 Å². The Kier molecular flexibility index (Phi) is 4.94. The Morgan fingerprint density at radius 2 is 2.00 bits per heavy atom. The lowest BCUT2D eigenvalue weighted by molar-refractivity contribution is 0.301. The Labute approximate surface area is 171 Å². The third-order valence-corrected chi connectivity index (χ3v) is 4.52. The van der Waals surface area contributed by atoms with Crippen LogP contribution in [-0.2, 0) is 6.61 Å². The second-order valence-electron chi connectivity index (χ2n) is 6.44. The molecule has 0 bridgehead atoms. The Morgan fingerprint density at radius 3 is 2.83 bits per heavy atom. The van der Waals surface area contributed by atoms with Crippen molar-refractivity contribution >= 4 is 28.5 Å². The predicted molar refractivity (Wildman–Crippen MR) is 110 cm³/mol. The molecule has 0 fully saturated rings. The number of halogens is 1. The van der Waals surface area contributed by atoms with E-state index in [-0.39, 0.29) is 6.61 Å². The number of ether oxygens (including phenoxy) is 2. The van der Waals surface area contributed by atoms with Crippen molar-refractivity contribution in [1.82, 2.24) is 15.2 Å². The van der Waals surface area contributed by atoms with Gasteiger partial charge in [-0.3, -0.25) is 5.10 Å². The number of aromatic amines is 1. The molecule has 0 aliphatic rings. The Hall–Kier alpha value is -3.76. The van der Waals surface area contributed by atoms with Gasteiger partial charge in [0.15, 0.2) is 5.65 Å². The van der Waals surface area contributed by atoms with Crippen LogP contribution in [0.1, 0.15) is 16.8 Å². The first-order chi connectivity index (χ1) is 14.0. The number of hydrogen-bond acceptors (Lipinski definition) is 6. The molecular weight excluding hydrogens is 390 g/mol. The molecule has 0 aliphatic heterocycles. The van der Waals surface area contributed by atoms with Gasteiger partial charge in [0.05, 0.1) is 22.3 Å². The highest BCUT2D eigenvalue weighted by Gasteiger charge is 2.10. The van der Waals surface area contributed by atoms with Gasteiger partial charge in [0.2, 0.25) is 0 Å². The zero-order valence-corrected chi connectivity index (χ0v) is 16.2. The van der Waals surface area contributed by atoms with Crippen molar-refractivity contribution in [3.8, 4) is 23.3 Å². The summed E-state index contributed by atoms with van der Waals surface area (Å²) < 4.78 is 11.8. The van der Waals surface area contributed by atoms with Gasteiger partial charge >= 0.3 is 0 Å². The number of nitriles is 1. The van der Waals surface area contributed by atoms with Gasteiger partial charge in [0.25, 0.3) is 0 Å². The molecular formula is C21H16ClN5O2. The number of nitrogens with two attached hydrogens (primary N) is 1. The molecule has 3 N–H and O–H groups in total. The maximum Gasteiger partial charge on any atom is 0.183 e. The van der Waals surface area contributed by atoms with Crippen LogP contribution in [0.2, 0.25) is 5.02 Å². The van der Waals surface area contributed by atoms with Gasteiger partial charge in [-0.2, -0.15) is 10.4 Å². The molecule has 2 aromatic heterocycles. The van der Waals surface area contributed by atoms with Crippen molar-refractivity contribution in [3.63, 3.8) is 0 Å². The molecule has 7 nitrogen and oxygen atoms in total. The highest BCUT2D eigenvalue weighted by Crippen LogP contribution is 2.34. The fourth-order valence-corrected chi connectivity index (χ4v) is 3.04. The van der Waals surface area contributed by atoms with Crippen LogP contribution in [0, 0.1) is 18.3 Å². The first-order valence-corrected chi connectivity index (χ1v) is 9.11. The molecule has 0 saturated carbocycles. The number of nitrogen functional groups attached to an aromatic ring is 1. The molecule has 0 atom stereocenters. The molecule has 4 rings (SSSR count). The van der Waals surface area contributed by atoms with E-state index >= 15 is 0 Å². The van der Waals surface area contributed by atoms with Crippen molar-refractivity contribution in [2.24, 2.45) is 0 Å². The Morgan fingerprint density at radius 1 is 1.14 bits per heavy atom. The minimum absolute atomic E-state index is 0.256. The number of nitrogens with zero attached hydrogens (tertiary/aromatic N) is 3.